The number of para-hydroxylation sites is 1. The lowest BCUT2D eigenvalue weighted by molar-refractivity contribution is 0.0923. The van der Waals surface area contributed by atoms with Crippen molar-refractivity contribution in [3.05, 3.63) is 29.8 Å². The average molecular weight is 203 g/mol. The second-order valence-electron chi connectivity index (χ2n) is 3.90. The van der Waals surface area contributed by atoms with Crippen molar-refractivity contribution in [3.8, 4) is 0 Å². The predicted octanol–water partition coefficient (Wildman–Crippen LogP) is 0.166. The van der Waals surface area contributed by atoms with Gasteiger partial charge in [0.2, 0.25) is 0 Å². The molecular weight excluding hydrogens is 190 g/mol. The van der Waals surface area contributed by atoms with Crippen LogP contribution in [0.25, 0.3) is 0 Å². The van der Waals surface area contributed by atoms with Gasteiger partial charge in [-0.25, -0.2) is 0 Å². The molecule has 3 rings (SSSR count). The first kappa shape index (κ1) is 8.73. The third-order valence-electron chi connectivity index (χ3n) is 3.00. The Bertz CT molecular complexity index is 405. The molecule has 0 aliphatic carbocycles. The minimum absolute atomic E-state index is 0.0375. The van der Waals surface area contributed by atoms with E-state index in [2.05, 4.69) is 15.5 Å². The molecule has 0 saturated carbocycles. The molecule has 0 bridgehead atoms. The van der Waals surface area contributed by atoms with Crippen LogP contribution in [-0.4, -0.2) is 31.7 Å². The SMILES string of the molecule is O=C1N[C@@H]2CNCCN2c2ccccc21. The van der Waals surface area contributed by atoms with Crippen molar-refractivity contribution in [1.82, 2.24) is 10.6 Å². The minimum atomic E-state index is 0.0375. The Balaban J connectivity index is 2.07. The Morgan fingerprint density at radius 2 is 2.20 bits per heavy atom. The molecular formula is C11H13N3O. The Kier molecular flexibility index (Phi) is 1.89. The summed E-state index contributed by atoms with van der Waals surface area (Å²) in [7, 11) is 0. The molecule has 1 amide bonds. The van der Waals surface area contributed by atoms with Crippen LogP contribution in [0, 0.1) is 0 Å². The summed E-state index contributed by atoms with van der Waals surface area (Å²) in [5, 5.41) is 6.28. The third-order valence-corrected chi connectivity index (χ3v) is 3.00. The summed E-state index contributed by atoms with van der Waals surface area (Å²) in [5.74, 6) is 0.0375. The van der Waals surface area contributed by atoms with E-state index < -0.39 is 0 Å². The summed E-state index contributed by atoms with van der Waals surface area (Å²) in [6.45, 7) is 2.74. The highest BCUT2D eigenvalue weighted by Crippen LogP contribution is 2.26. The van der Waals surface area contributed by atoms with E-state index in [0.29, 0.717) is 0 Å². The van der Waals surface area contributed by atoms with Gasteiger partial charge in [0, 0.05) is 19.6 Å². The Labute approximate surface area is 88.3 Å². The van der Waals surface area contributed by atoms with Crippen LogP contribution in [0.5, 0.6) is 0 Å². The molecule has 0 radical (unpaired) electrons. The van der Waals surface area contributed by atoms with Crippen LogP contribution in [0.15, 0.2) is 24.3 Å². The van der Waals surface area contributed by atoms with E-state index in [1.807, 2.05) is 24.3 Å². The van der Waals surface area contributed by atoms with Crippen molar-refractivity contribution in [1.29, 1.82) is 0 Å². The van der Waals surface area contributed by atoms with Crippen molar-refractivity contribution < 1.29 is 4.79 Å². The zero-order valence-electron chi connectivity index (χ0n) is 8.36. The summed E-state index contributed by atoms with van der Waals surface area (Å²) in [6.07, 6.45) is 0.112. The fraction of sp³-hybridized carbons (Fsp3) is 0.364. The number of benzene rings is 1. The van der Waals surface area contributed by atoms with Gasteiger partial charge in [-0.2, -0.15) is 0 Å². The van der Waals surface area contributed by atoms with Crippen LogP contribution >= 0.6 is 0 Å². The van der Waals surface area contributed by atoms with Crippen molar-refractivity contribution in [2.24, 2.45) is 0 Å². The highest BCUT2D eigenvalue weighted by molar-refractivity contribution is 6.02. The van der Waals surface area contributed by atoms with Crippen molar-refractivity contribution in [2.75, 3.05) is 24.5 Å². The van der Waals surface area contributed by atoms with Gasteiger partial charge in [-0.1, -0.05) is 12.1 Å². The van der Waals surface area contributed by atoms with E-state index >= 15 is 0 Å². The lowest BCUT2D eigenvalue weighted by atomic mass is 10.1. The summed E-state index contributed by atoms with van der Waals surface area (Å²) in [6, 6.07) is 7.78. The Hall–Kier alpha value is -1.55. The van der Waals surface area contributed by atoms with Crippen LogP contribution in [0.2, 0.25) is 0 Å². The molecule has 15 heavy (non-hydrogen) atoms. The largest absolute Gasteiger partial charge is 0.348 e. The molecule has 1 aromatic carbocycles. The molecule has 2 heterocycles. The lowest BCUT2D eigenvalue weighted by Gasteiger charge is -2.42. The van der Waals surface area contributed by atoms with Crippen LogP contribution in [0.1, 0.15) is 10.4 Å². The zero-order chi connectivity index (χ0) is 10.3. The van der Waals surface area contributed by atoms with Gasteiger partial charge in [0.15, 0.2) is 0 Å². The van der Waals surface area contributed by atoms with E-state index in [0.717, 1.165) is 30.9 Å². The van der Waals surface area contributed by atoms with Crippen molar-refractivity contribution in [2.45, 2.75) is 6.17 Å². The average Bonchev–Trinajstić information content (AvgIpc) is 2.30. The molecule has 2 aliphatic rings. The highest BCUT2D eigenvalue weighted by atomic mass is 16.2. The van der Waals surface area contributed by atoms with Gasteiger partial charge >= 0.3 is 0 Å². The maximum Gasteiger partial charge on any atom is 0.255 e. The first-order chi connectivity index (χ1) is 7.36. The quantitative estimate of drug-likeness (QED) is 0.631. The van der Waals surface area contributed by atoms with Crippen molar-refractivity contribution in [3.63, 3.8) is 0 Å². The number of anilines is 1. The second-order valence-corrected chi connectivity index (χ2v) is 3.90. The van der Waals surface area contributed by atoms with Gasteiger partial charge in [-0.3, -0.25) is 4.79 Å². The lowest BCUT2D eigenvalue weighted by Crippen LogP contribution is -2.62. The minimum Gasteiger partial charge on any atom is -0.348 e. The van der Waals surface area contributed by atoms with E-state index in [-0.39, 0.29) is 12.1 Å². The number of hydrogen-bond donors (Lipinski definition) is 2. The maximum absolute atomic E-state index is 11.8. The predicted molar refractivity (Wildman–Crippen MR) is 57.9 cm³/mol. The number of piperazine rings is 1. The summed E-state index contributed by atoms with van der Waals surface area (Å²) in [4.78, 5) is 14.0. The molecule has 2 aliphatic heterocycles. The van der Waals surface area contributed by atoms with E-state index in [1.165, 1.54) is 0 Å². The highest BCUT2D eigenvalue weighted by Gasteiger charge is 2.31. The molecule has 0 unspecified atom stereocenters. The number of nitrogens with zero attached hydrogens (tertiary/aromatic N) is 1. The number of hydrogen-bond acceptors (Lipinski definition) is 3. The monoisotopic (exact) mass is 203 g/mol. The first-order valence-corrected chi connectivity index (χ1v) is 5.23. The van der Waals surface area contributed by atoms with Crippen molar-refractivity contribution >= 4 is 11.6 Å². The van der Waals surface area contributed by atoms with E-state index in [1.54, 1.807) is 0 Å². The topological polar surface area (TPSA) is 44.4 Å². The number of fused-ring (bicyclic) bond motifs is 3. The van der Waals surface area contributed by atoms with Gasteiger partial charge in [-0.15, -0.1) is 0 Å². The van der Waals surface area contributed by atoms with Crippen LogP contribution in [0.3, 0.4) is 0 Å². The summed E-state index contributed by atoms with van der Waals surface area (Å²) in [5.41, 5.74) is 1.85. The summed E-state index contributed by atoms with van der Waals surface area (Å²) < 4.78 is 0. The summed E-state index contributed by atoms with van der Waals surface area (Å²) >= 11 is 0. The maximum atomic E-state index is 11.8. The number of carbonyl (C=O) groups excluding carboxylic acids is 1. The van der Waals surface area contributed by atoms with Gasteiger partial charge in [0.05, 0.1) is 11.3 Å². The molecule has 1 aromatic rings. The molecule has 0 spiro atoms. The molecule has 1 atom stereocenters. The van der Waals surface area contributed by atoms with Gasteiger partial charge < -0.3 is 15.5 Å². The molecule has 4 heteroatoms. The zero-order valence-corrected chi connectivity index (χ0v) is 8.36. The number of rotatable bonds is 0. The molecule has 1 saturated heterocycles. The third kappa shape index (κ3) is 1.29. The standard InChI is InChI=1S/C11H13N3O/c15-11-8-3-1-2-4-9(8)14-6-5-12-7-10(14)13-11/h1-4,10,12H,5-7H2,(H,13,15)/t10-/m0/s1. The number of carbonyl (C=O) groups is 1. The fourth-order valence-electron chi connectivity index (χ4n) is 2.27. The fourth-order valence-corrected chi connectivity index (χ4v) is 2.27. The van der Waals surface area contributed by atoms with Crippen LogP contribution < -0.4 is 15.5 Å². The second kappa shape index (κ2) is 3.24. The normalized spacial score (nSPS) is 24.1. The number of nitrogens with one attached hydrogen (secondary N) is 2. The molecule has 0 aromatic heterocycles. The van der Waals surface area contributed by atoms with Gasteiger partial charge in [0.25, 0.3) is 5.91 Å². The smallest absolute Gasteiger partial charge is 0.255 e. The molecule has 4 nitrogen and oxygen atoms in total. The van der Waals surface area contributed by atoms with Gasteiger partial charge in [-0.05, 0) is 12.1 Å². The van der Waals surface area contributed by atoms with Crippen LogP contribution in [-0.2, 0) is 0 Å². The Morgan fingerprint density at radius 1 is 1.33 bits per heavy atom. The van der Waals surface area contributed by atoms with Crippen LogP contribution in [0.4, 0.5) is 5.69 Å². The van der Waals surface area contributed by atoms with E-state index in [4.69, 9.17) is 0 Å². The first-order valence-electron chi connectivity index (χ1n) is 5.23. The number of amides is 1. The molecule has 78 valence electrons. The molecule has 2 N–H and O–H groups in total. The van der Waals surface area contributed by atoms with Gasteiger partial charge in [0.1, 0.15) is 6.17 Å². The Morgan fingerprint density at radius 3 is 3.13 bits per heavy atom. The molecule has 1 fully saturated rings. The van der Waals surface area contributed by atoms with E-state index in [9.17, 15) is 4.79 Å².